The zero-order valence-electron chi connectivity index (χ0n) is 18.5. The summed E-state index contributed by atoms with van der Waals surface area (Å²) in [6, 6.07) is 41.0. The van der Waals surface area contributed by atoms with Gasteiger partial charge >= 0.3 is 7.69 Å². The van der Waals surface area contributed by atoms with Gasteiger partial charge in [-0.05, 0) is 56.1 Å². The maximum atomic E-state index is 9.51. The second kappa shape index (κ2) is 7.21. The van der Waals surface area contributed by atoms with Crippen LogP contribution in [-0.2, 0) is 5.41 Å². The molecule has 1 N–H and O–H groups in total. The fourth-order valence-electron chi connectivity index (χ4n) is 6.25. The van der Waals surface area contributed by atoms with E-state index in [1.165, 1.54) is 44.5 Å². The van der Waals surface area contributed by atoms with Crippen LogP contribution in [-0.4, -0.2) is 12.7 Å². The van der Waals surface area contributed by atoms with Crippen molar-refractivity contribution in [2.75, 3.05) is 0 Å². The molecule has 0 unspecified atom stereocenters. The van der Waals surface area contributed by atoms with Gasteiger partial charge in [-0.3, -0.25) is 0 Å². The van der Waals surface area contributed by atoms with E-state index in [0.29, 0.717) is 5.75 Å². The third-order valence-electron chi connectivity index (χ3n) is 7.42. The molecular weight excluding hydrogens is 415 g/mol. The monoisotopic (exact) mass is 436 g/mol. The van der Waals surface area contributed by atoms with Gasteiger partial charge in [-0.15, -0.1) is 0 Å². The smallest absolute Gasteiger partial charge is 0.504 e. The number of fused-ring (bicyclic) bond motifs is 10. The lowest BCUT2D eigenvalue weighted by atomic mass is 9.70. The maximum absolute atomic E-state index is 9.51. The van der Waals surface area contributed by atoms with E-state index in [2.05, 4.69) is 97.1 Å². The van der Waals surface area contributed by atoms with Crippen LogP contribution in [0.1, 0.15) is 22.3 Å². The van der Waals surface area contributed by atoms with E-state index in [1.54, 1.807) is 0 Å². The Labute approximate surface area is 199 Å². The van der Waals surface area contributed by atoms with Gasteiger partial charge in [0.25, 0.3) is 0 Å². The fourth-order valence-corrected chi connectivity index (χ4v) is 6.25. The Kier molecular flexibility index (Phi) is 4.11. The summed E-state index contributed by atoms with van der Waals surface area (Å²) < 4.78 is 5.62. The molecule has 34 heavy (non-hydrogen) atoms. The molecule has 0 bridgehead atoms. The zero-order chi connectivity index (χ0) is 22.7. The molecule has 0 atom stereocenters. The van der Waals surface area contributed by atoms with Gasteiger partial charge in [0.1, 0.15) is 5.75 Å². The van der Waals surface area contributed by atoms with Gasteiger partial charge in [0.05, 0.1) is 5.41 Å². The average Bonchev–Trinajstić information content (AvgIpc) is 3.37. The minimum Gasteiger partial charge on any atom is -0.538 e. The van der Waals surface area contributed by atoms with E-state index in [9.17, 15) is 5.02 Å². The van der Waals surface area contributed by atoms with E-state index in [-0.39, 0.29) is 13.1 Å². The lowest BCUT2D eigenvalue weighted by Gasteiger charge is -2.30. The Morgan fingerprint density at radius 2 is 0.941 bits per heavy atom. The van der Waals surface area contributed by atoms with Crippen LogP contribution in [0.3, 0.4) is 0 Å². The van der Waals surface area contributed by atoms with Crippen LogP contribution in [0.4, 0.5) is 0 Å². The normalized spacial score (nSPS) is 13.7. The molecule has 2 aliphatic rings. The molecule has 1 spiro atoms. The quantitative estimate of drug-likeness (QED) is 0.328. The van der Waals surface area contributed by atoms with Crippen LogP contribution in [0.2, 0.25) is 0 Å². The van der Waals surface area contributed by atoms with Crippen molar-refractivity contribution in [1.82, 2.24) is 0 Å². The second-order valence-electron chi connectivity index (χ2n) is 8.88. The van der Waals surface area contributed by atoms with Gasteiger partial charge in [-0.25, -0.2) is 0 Å². The summed E-state index contributed by atoms with van der Waals surface area (Å²) in [5, 5.41) is 9.51. The molecule has 0 aliphatic heterocycles. The predicted molar refractivity (Wildman–Crippen MR) is 138 cm³/mol. The van der Waals surface area contributed by atoms with Gasteiger partial charge in [0.15, 0.2) is 0 Å². The van der Waals surface area contributed by atoms with Crippen LogP contribution < -0.4 is 4.65 Å². The van der Waals surface area contributed by atoms with Crippen LogP contribution in [0.15, 0.2) is 115 Å². The molecular formula is C31H21BO2. The average molecular weight is 436 g/mol. The Bertz CT molecular complexity index is 1540. The number of rotatable bonds is 3. The first-order valence-electron chi connectivity index (χ1n) is 11.6. The minimum absolute atomic E-state index is 0.354. The Morgan fingerprint density at radius 3 is 1.59 bits per heavy atom. The van der Waals surface area contributed by atoms with Crippen LogP contribution >= 0.6 is 0 Å². The largest absolute Gasteiger partial charge is 0.538 e. The van der Waals surface area contributed by atoms with Crippen LogP contribution in [0, 0.1) is 0 Å². The van der Waals surface area contributed by atoms with E-state index in [1.807, 2.05) is 18.2 Å². The lowest BCUT2D eigenvalue weighted by Crippen LogP contribution is -2.25. The van der Waals surface area contributed by atoms with Crippen molar-refractivity contribution in [3.8, 4) is 39.1 Å². The highest BCUT2D eigenvalue weighted by molar-refractivity contribution is 6.17. The summed E-state index contributed by atoms with van der Waals surface area (Å²) in [5.74, 6) is 0.684. The molecule has 0 aromatic heterocycles. The molecule has 0 saturated carbocycles. The highest BCUT2D eigenvalue weighted by atomic mass is 16.5. The Morgan fingerprint density at radius 1 is 0.471 bits per heavy atom. The summed E-state index contributed by atoms with van der Waals surface area (Å²) in [5.41, 5.74) is 12.1. The first-order valence-corrected chi connectivity index (χ1v) is 11.6. The van der Waals surface area contributed by atoms with E-state index in [0.717, 1.165) is 11.1 Å². The van der Waals surface area contributed by atoms with Crippen molar-refractivity contribution in [2.24, 2.45) is 0 Å². The van der Waals surface area contributed by atoms with Crippen molar-refractivity contribution in [1.29, 1.82) is 0 Å². The summed E-state index contributed by atoms with van der Waals surface area (Å²) in [7, 11) is -0.354. The van der Waals surface area contributed by atoms with Crippen molar-refractivity contribution >= 4 is 7.69 Å². The van der Waals surface area contributed by atoms with Gasteiger partial charge in [-0.2, -0.15) is 0 Å². The SMILES string of the molecule is OBOc1ccccc1-c1cccc2c1-c1ccccc1C21c2ccccc2-c2ccccc21. The highest BCUT2D eigenvalue weighted by Crippen LogP contribution is 2.64. The molecule has 5 aromatic carbocycles. The van der Waals surface area contributed by atoms with Crippen molar-refractivity contribution < 1.29 is 9.68 Å². The van der Waals surface area contributed by atoms with E-state index >= 15 is 0 Å². The molecule has 0 heterocycles. The van der Waals surface area contributed by atoms with E-state index in [4.69, 9.17) is 4.65 Å². The topological polar surface area (TPSA) is 29.5 Å². The molecule has 0 fully saturated rings. The van der Waals surface area contributed by atoms with Crippen LogP contribution in [0.5, 0.6) is 5.75 Å². The number of hydrogen-bond acceptors (Lipinski definition) is 2. The number of hydrogen-bond donors (Lipinski definition) is 1. The van der Waals surface area contributed by atoms with Crippen molar-refractivity contribution in [2.45, 2.75) is 5.41 Å². The maximum Gasteiger partial charge on any atom is 0.504 e. The molecule has 0 saturated heterocycles. The molecule has 160 valence electrons. The van der Waals surface area contributed by atoms with Crippen LogP contribution in [0.25, 0.3) is 33.4 Å². The van der Waals surface area contributed by atoms with E-state index < -0.39 is 0 Å². The van der Waals surface area contributed by atoms with Gasteiger partial charge in [0.2, 0.25) is 0 Å². The molecule has 7 rings (SSSR count). The number of benzene rings is 5. The van der Waals surface area contributed by atoms with Crippen molar-refractivity contribution in [3.05, 3.63) is 138 Å². The fraction of sp³-hybridized carbons (Fsp3) is 0.0323. The molecule has 2 nitrogen and oxygen atoms in total. The number of para-hydroxylation sites is 1. The van der Waals surface area contributed by atoms with Gasteiger partial charge in [-0.1, -0.05) is 109 Å². The standard InChI is InChI=1S/C31H21BO2/c33-32-34-29-19-8-4-12-22(29)23-14-9-18-28-30(23)24-13-3-7-17-27(24)31(28)25-15-5-1-10-20(25)21-11-2-6-16-26(21)31/h1-19,32-33H. The third-order valence-corrected chi connectivity index (χ3v) is 7.42. The molecule has 0 radical (unpaired) electrons. The lowest BCUT2D eigenvalue weighted by molar-refractivity contribution is 0.455. The van der Waals surface area contributed by atoms with Crippen molar-refractivity contribution in [3.63, 3.8) is 0 Å². The molecule has 3 heteroatoms. The Hall–Kier alpha value is -4.08. The first-order chi connectivity index (χ1) is 16.9. The highest BCUT2D eigenvalue weighted by Gasteiger charge is 2.51. The minimum atomic E-state index is -0.359. The summed E-state index contributed by atoms with van der Waals surface area (Å²) in [6.07, 6.45) is 0. The summed E-state index contributed by atoms with van der Waals surface area (Å²) in [4.78, 5) is 0. The summed E-state index contributed by atoms with van der Waals surface area (Å²) in [6.45, 7) is 0. The predicted octanol–water partition coefficient (Wildman–Crippen LogP) is 6.33. The second-order valence-corrected chi connectivity index (χ2v) is 8.88. The Balaban J connectivity index is 1.64. The van der Waals surface area contributed by atoms with Gasteiger partial charge < -0.3 is 9.68 Å². The van der Waals surface area contributed by atoms with Gasteiger partial charge in [0, 0.05) is 5.56 Å². The zero-order valence-corrected chi connectivity index (χ0v) is 18.5. The first kappa shape index (κ1) is 19.4. The molecule has 0 amide bonds. The summed E-state index contributed by atoms with van der Waals surface area (Å²) >= 11 is 0. The molecule has 5 aromatic rings. The third kappa shape index (κ3) is 2.34. The molecule has 2 aliphatic carbocycles.